The molecule has 0 unspecified atom stereocenters. The minimum Gasteiger partial charge on any atom is -0.507 e. The van der Waals surface area contributed by atoms with Gasteiger partial charge in [0, 0.05) is 0 Å². The summed E-state index contributed by atoms with van der Waals surface area (Å²) in [6.07, 6.45) is 8.64. The molecule has 0 heterocycles. The Morgan fingerprint density at radius 3 is 1.39 bits per heavy atom. The van der Waals surface area contributed by atoms with Crippen molar-refractivity contribution in [2.24, 2.45) is 5.41 Å². The molecule has 0 bridgehead atoms. The predicted molar refractivity (Wildman–Crippen MR) is 171 cm³/mol. The molecule has 0 aliphatic rings. The quantitative estimate of drug-likeness (QED) is 0.0759. The van der Waals surface area contributed by atoms with Crippen LogP contribution in [0.2, 0.25) is 0 Å². The summed E-state index contributed by atoms with van der Waals surface area (Å²) >= 11 is 0. The number of aromatic hydroxyl groups is 2. The highest BCUT2D eigenvalue weighted by atomic mass is 16.3. The molecule has 2 aromatic carbocycles. The number of aryl methyl sites for hydroxylation is 2. The largest absolute Gasteiger partial charge is 0.507 e. The predicted octanol–water partition coefficient (Wildman–Crippen LogP) is 5.76. The molecular formula is C34H50N4O6. The number of hydrogen-bond acceptors (Lipinski definition) is 6. The number of carbonyl (C=O) groups is 4. The van der Waals surface area contributed by atoms with E-state index in [2.05, 4.69) is 21.7 Å². The van der Waals surface area contributed by atoms with Gasteiger partial charge in [-0.1, -0.05) is 96.9 Å². The van der Waals surface area contributed by atoms with Crippen LogP contribution >= 0.6 is 0 Å². The first-order chi connectivity index (χ1) is 21.2. The average Bonchev–Trinajstić information content (AvgIpc) is 3.02. The molecule has 10 heteroatoms. The highest BCUT2D eigenvalue weighted by Crippen LogP contribution is 2.33. The summed E-state index contributed by atoms with van der Waals surface area (Å²) in [5.41, 5.74) is 9.30. The van der Waals surface area contributed by atoms with E-state index in [0.29, 0.717) is 43.2 Å². The molecule has 6 N–H and O–H groups in total. The number of unbranched alkanes of at least 4 members (excludes halogenated alkanes) is 5. The summed E-state index contributed by atoms with van der Waals surface area (Å²) in [7, 11) is 0. The van der Waals surface area contributed by atoms with Gasteiger partial charge in [0.1, 0.15) is 16.9 Å². The molecule has 0 atom stereocenters. The van der Waals surface area contributed by atoms with Gasteiger partial charge in [0.25, 0.3) is 23.6 Å². The van der Waals surface area contributed by atoms with Gasteiger partial charge in [-0.2, -0.15) is 0 Å². The molecule has 10 nitrogen and oxygen atoms in total. The van der Waals surface area contributed by atoms with Gasteiger partial charge in [-0.25, -0.2) is 0 Å². The van der Waals surface area contributed by atoms with Crippen molar-refractivity contribution in [2.75, 3.05) is 0 Å². The molecule has 0 spiro atoms. The van der Waals surface area contributed by atoms with E-state index in [1.807, 2.05) is 27.7 Å². The Morgan fingerprint density at radius 2 is 0.977 bits per heavy atom. The maximum Gasteiger partial charge on any atom is 0.273 e. The van der Waals surface area contributed by atoms with E-state index in [-0.39, 0.29) is 35.5 Å². The molecule has 0 radical (unpaired) electrons. The van der Waals surface area contributed by atoms with Crippen LogP contribution in [0.15, 0.2) is 36.4 Å². The van der Waals surface area contributed by atoms with E-state index >= 15 is 0 Å². The summed E-state index contributed by atoms with van der Waals surface area (Å²) in [4.78, 5) is 53.5. The van der Waals surface area contributed by atoms with E-state index < -0.39 is 29.0 Å². The lowest BCUT2D eigenvalue weighted by Crippen LogP contribution is -2.58. The maximum absolute atomic E-state index is 13.7. The van der Waals surface area contributed by atoms with Crippen molar-refractivity contribution in [3.8, 4) is 11.5 Å². The number of nitrogens with one attached hydrogen (secondary N) is 4. The topological polar surface area (TPSA) is 157 Å². The van der Waals surface area contributed by atoms with E-state index in [1.165, 1.54) is 12.1 Å². The highest BCUT2D eigenvalue weighted by Gasteiger charge is 2.45. The SMILES string of the molecule is CCCCCC(CCCC)(C(=O)NNC(=O)c1cccc(CCCC)c1O)C(=O)NNC(=O)c1cccc(CCCC)c1O. The first-order valence-corrected chi connectivity index (χ1v) is 16.0. The Bertz CT molecular complexity index is 1180. The Labute approximate surface area is 261 Å². The molecule has 242 valence electrons. The minimum atomic E-state index is -1.60. The van der Waals surface area contributed by atoms with Crippen LogP contribution in [0, 0.1) is 5.41 Å². The number of hydrogen-bond donors (Lipinski definition) is 6. The molecule has 0 fully saturated rings. The third kappa shape index (κ3) is 9.72. The fourth-order valence-corrected chi connectivity index (χ4v) is 5.13. The molecule has 2 rings (SSSR count). The average molecular weight is 611 g/mol. The fraction of sp³-hybridized carbons (Fsp3) is 0.529. The van der Waals surface area contributed by atoms with Crippen molar-refractivity contribution < 1.29 is 29.4 Å². The van der Waals surface area contributed by atoms with Crippen molar-refractivity contribution in [1.82, 2.24) is 21.7 Å². The molecule has 2 aromatic rings. The van der Waals surface area contributed by atoms with Gasteiger partial charge in [-0.05, 0) is 61.8 Å². The number of rotatable bonds is 17. The van der Waals surface area contributed by atoms with Crippen LogP contribution in [0.4, 0.5) is 0 Å². The minimum absolute atomic E-state index is 0.0155. The molecule has 4 amide bonds. The Balaban J connectivity index is 2.26. The zero-order valence-electron chi connectivity index (χ0n) is 26.7. The second kappa shape index (κ2) is 18.6. The Kier molecular flexibility index (Phi) is 15.2. The zero-order valence-corrected chi connectivity index (χ0v) is 26.7. The van der Waals surface area contributed by atoms with Crippen LogP contribution in [-0.4, -0.2) is 33.8 Å². The number of amides is 4. The van der Waals surface area contributed by atoms with Gasteiger partial charge in [-0.15, -0.1) is 0 Å². The molecule has 0 aliphatic carbocycles. The fourth-order valence-electron chi connectivity index (χ4n) is 5.13. The number of carbonyl (C=O) groups excluding carboxylic acids is 4. The smallest absolute Gasteiger partial charge is 0.273 e. The number of phenolic OH excluding ortho intramolecular Hbond substituents is 2. The second-order valence-corrected chi connectivity index (χ2v) is 11.3. The number of para-hydroxylation sites is 2. The molecular weight excluding hydrogens is 560 g/mol. The van der Waals surface area contributed by atoms with Crippen molar-refractivity contribution in [2.45, 2.75) is 111 Å². The summed E-state index contributed by atoms with van der Waals surface area (Å²) in [6.45, 7) is 8.02. The zero-order chi connectivity index (χ0) is 32.5. The summed E-state index contributed by atoms with van der Waals surface area (Å²) in [5.74, 6) is -3.13. The van der Waals surface area contributed by atoms with Gasteiger partial charge < -0.3 is 10.2 Å². The summed E-state index contributed by atoms with van der Waals surface area (Å²) < 4.78 is 0. The lowest BCUT2D eigenvalue weighted by atomic mass is 9.76. The number of phenols is 2. The van der Waals surface area contributed by atoms with Crippen molar-refractivity contribution >= 4 is 23.6 Å². The van der Waals surface area contributed by atoms with Crippen molar-refractivity contribution in [3.05, 3.63) is 58.7 Å². The molecule has 0 saturated carbocycles. The highest BCUT2D eigenvalue weighted by molar-refractivity contribution is 6.07. The first kappa shape index (κ1) is 36.1. The van der Waals surface area contributed by atoms with E-state index in [4.69, 9.17) is 0 Å². The Hall–Kier alpha value is -4.08. The van der Waals surface area contributed by atoms with Crippen LogP contribution in [-0.2, 0) is 22.4 Å². The van der Waals surface area contributed by atoms with Crippen LogP contribution in [0.5, 0.6) is 11.5 Å². The maximum atomic E-state index is 13.7. The molecule has 0 aliphatic heterocycles. The summed E-state index contributed by atoms with van der Waals surface area (Å²) in [6, 6.07) is 9.78. The molecule has 0 saturated heterocycles. The van der Waals surface area contributed by atoms with Gasteiger partial charge in [0.2, 0.25) is 0 Å². The van der Waals surface area contributed by atoms with E-state index in [1.54, 1.807) is 24.3 Å². The second-order valence-electron chi connectivity index (χ2n) is 11.3. The van der Waals surface area contributed by atoms with Crippen LogP contribution in [0.25, 0.3) is 0 Å². The number of benzene rings is 2. The van der Waals surface area contributed by atoms with Crippen LogP contribution in [0.1, 0.15) is 130 Å². The van der Waals surface area contributed by atoms with E-state index in [0.717, 1.165) is 38.5 Å². The van der Waals surface area contributed by atoms with Gasteiger partial charge in [0.05, 0.1) is 11.1 Å². The van der Waals surface area contributed by atoms with E-state index in [9.17, 15) is 29.4 Å². The Morgan fingerprint density at radius 1 is 0.568 bits per heavy atom. The standard InChI is InChI=1S/C34H50N4O6/c1-5-9-13-23-34(22-12-8-4,32(43)37-35-30(41)26-20-14-18-24(28(26)39)16-10-6-2)33(44)38-36-31(42)27-21-15-19-25(29(27)40)17-11-7-3/h14-15,18-21,39-40H,5-13,16-17,22-23H2,1-4H3,(H,35,41)(H,36,42)(H,37,43)(H,38,44). The summed E-state index contributed by atoms with van der Waals surface area (Å²) in [5, 5.41) is 21.3. The first-order valence-electron chi connectivity index (χ1n) is 16.0. The molecule has 0 aromatic heterocycles. The van der Waals surface area contributed by atoms with Gasteiger partial charge in [-0.3, -0.25) is 40.9 Å². The van der Waals surface area contributed by atoms with Gasteiger partial charge in [0.15, 0.2) is 0 Å². The lowest BCUT2D eigenvalue weighted by molar-refractivity contribution is -0.146. The number of hydrazine groups is 2. The monoisotopic (exact) mass is 610 g/mol. The van der Waals surface area contributed by atoms with Crippen LogP contribution < -0.4 is 21.7 Å². The normalized spacial score (nSPS) is 11.1. The van der Waals surface area contributed by atoms with Crippen molar-refractivity contribution in [1.29, 1.82) is 0 Å². The molecule has 44 heavy (non-hydrogen) atoms. The lowest BCUT2D eigenvalue weighted by Gasteiger charge is -2.31. The van der Waals surface area contributed by atoms with Crippen molar-refractivity contribution in [3.63, 3.8) is 0 Å². The third-order valence-electron chi connectivity index (χ3n) is 7.94. The third-order valence-corrected chi connectivity index (χ3v) is 7.94. The van der Waals surface area contributed by atoms with Gasteiger partial charge >= 0.3 is 0 Å². The van der Waals surface area contributed by atoms with Crippen LogP contribution in [0.3, 0.4) is 0 Å².